The number of phenolic OH excluding ortho intramolecular Hbond substituents is 1. The lowest BCUT2D eigenvalue weighted by Gasteiger charge is -2.38. The van der Waals surface area contributed by atoms with E-state index in [2.05, 4.69) is 36.0 Å². The lowest BCUT2D eigenvalue weighted by atomic mass is 9.82. The zero-order chi connectivity index (χ0) is 19.2. The van der Waals surface area contributed by atoms with Crippen LogP contribution >= 0.6 is 0 Å². The Kier molecular flexibility index (Phi) is 4.03. The highest BCUT2D eigenvalue weighted by Crippen LogP contribution is 2.33. The van der Waals surface area contributed by atoms with Crippen molar-refractivity contribution in [1.29, 1.82) is 5.26 Å². The summed E-state index contributed by atoms with van der Waals surface area (Å²) in [4.78, 5) is 2.38. The second kappa shape index (κ2) is 6.27. The maximum absolute atomic E-state index is 13.9. The van der Waals surface area contributed by atoms with Gasteiger partial charge >= 0.3 is 0 Å². The minimum Gasteiger partial charge on any atom is -0.505 e. The second-order valence-corrected chi connectivity index (χ2v) is 7.85. The molecule has 138 valence electrons. The van der Waals surface area contributed by atoms with Crippen LogP contribution in [0.2, 0.25) is 0 Å². The van der Waals surface area contributed by atoms with E-state index < -0.39 is 11.6 Å². The van der Waals surface area contributed by atoms with Gasteiger partial charge in [0.25, 0.3) is 0 Å². The molecular weight excluding hydrogens is 343 g/mol. The Balaban J connectivity index is 1.67. The third-order valence-electron chi connectivity index (χ3n) is 5.48. The summed E-state index contributed by atoms with van der Waals surface area (Å²) in [6.07, 6.45) is 3.79. The van der Waals surface area contributed by atoms with E-state index in [1.807, 2.05) is 18.2 Å². The van der Waals surface area contributed by atoms with Gasteiger partial charge in [-0.25, -0.2) is 9.07 Å². The zero-order valence-corrected chi connectivity index (χ0v) is 15.4. The van der Waals surface area contributed by atoms with Gasteiger partial charge in [-0.15, -0.1) is 0 Å². The van der Waals surface area contributed by atoms with Gasteiger partial charge in [-0.2, -0.15) is 10.4 Å². The minimum absolute atomic E-state index is 0.191. The van der Waals surface area contributed by atoms with Crippen molar-refractivity contribution in [3.05, 3.63) is 47.9 Å². The summed E-state index contributed by atoms with van der Waals surface area (Å²) < 4.78 is 15.6. The van der Waals surface area contributed by atoms with Crippen molar-refractivity contribution in [3.63, 3.8) is 0 Å². The molecule has 4 rings (SSSR count). The van der Waals surface area contributed by atoms with Crippen LogP contribution in [-0.4, -0.2) is 28.0 Å². The predicted molar refractivity (Wildman–Crippen MR) is 103 cm³/mol. The molecule has 1 N–H and O–H groups in total. The summed E-state index contributed by atoms with van der Waals surface area (Å²) in [6.45, 7) is 6.69. The van der Waals surface area contributed by atoms with Crippen LogP contribution in [0.25, 0.3) is 16.6 Å². The molecule has 0 aliphatic carbocycles. The van der Waals surface area contributed by atoms with Gasteiger partial charge in [0.2, 0.25) is 0 Å². The van der Waals surface area contributed by atoms with Crippen LogP contribution < -0.4 is 4.90 Å². The van der Waals surface area contributed by atoms with Gasteiger partial charge in [0.1, 0.15) is 11.6 Å². The highest BCUT2D eigenvalue weighted by molar-refractivity contribution is 5.87. The fourth-order valence-corrected chi connectivity index (χ4v) is 3.62. The molecule has 5 nitrogen and oxygen atoms in total. The third-order valence-corrected chi connectivity index (χ3v) is 5.48. The smallest absolute Gasteiger partial charge is 0.183 e. The topological polar surface area (TPSA) is 65.1 Å². The zero-order valence-electron chi connectivity index (χ0n) is 15.4. The van der Waals surface area contributed by atoms with Crippen molar-refractivity contribution in [2.45, 2.75) is 26.7 Å². The lowest BCUT2D eigenvalue weighted by Crippen LogP contribution is -2.37. The first kappa shape index (κ1) is 17.3. The van der Waals surface area contributed by atoms with E-state index in [0.29, 0.717) is 16.3 Å². The lowest BCUT2D eigenvalue weighted by molar-refractivity contribution is 0.280. The van der Waals surface area contributed by atoms with E-state index in [1.165, 1.54) is 25.1 Å². The van der Waals surface area contributed by atoms with Crippen LogP contribution in [0, 0.1) is 22.6 Å². The Labute approximate surface area is 157 Å². The molecule has 0 bridgehead atoms. The van der Waals surface area contributed by atoms with Gasteiger partial charge < -0.3 is 10.0 Å². The van der Waals surface area contributed by atoms with Gasteiger partial charge in [0.05, 0.1) is 17.4 Å². The van der Waals surface area contributed by atoms with Crippen LogP contribution in [0.15, 0.2) is 36.5 Å². The maximum atomic E-state index is 13.9. The SMILES string of the molecule is CC1(C)CCN(c2ccc(-n3ncc4c(C#N)c(F)c(O)cc43)cc2)CC1. The minimum atomic E-state index is -0.909. The van der Waals surface area contributed by atoms with E-state index in [-0.39, 0.29) is 5.56 Å². The standard InChI is InChI=1S/C21H21FN4O/c1-21(2)7-9-25(10-8-21)14-3-5-15(6-4-14)26-18-11-19(27)20(22)16(12-23)17(18)13-24-26/h3-6,11,13,27H,7-10H2,1-2H3. The molecular formula is C21H21FN4O. The molecule has 0 unspecified atom stereocenters. The number of rotatable bonds is 2. The van der Waals surface area contributed by atoms with E-state index >= 15 is 0 Å². The molecule has 0 saturated carbocycles. The second-order valence-electron chi connectivity index (χ2n) is 7.85. The van der Waals surface area contributed by atoms with E-state index in [9.17, 15) is 14.8 Å². The number of aromatic hydroxyl groups is 1. The van der Waals surface area contributed by atoms with E-state index in [0.717, 1.165) is 24.5 Å². The number of nitrogens with zero attached hydrogens (tertiary/aromatic N) is 4. The average Bonchev–Trinajstić information content (AvgIpc) is 3.06. The van der Waals surface area contributed by atoms with Gasteiger partial charge in [-0.3, -0.25) is 0 Å². The quantitative estimate of drug-likeness (QED) is 0.733. The number of benzene rings is 2. The van der Waals surface area contributed by atoms with Crippen LogP contribution in [0.1, 0.15) is 32.3 Å². The number of hydrogen-bond donors (Lipinski definition) is 1. The van der Waals surface area contributed by atoms with Crippen molar-refractivity contribution >= 4 is 16.6 Å². The molecule has 1 aromatic heterocycles. The Morgan fingerprint density at radius 2 is 1.78 bits per heavy atom. The Morgan fingerprint density at radius 3 is 2.41 bits per heavy atom. The first-order valence-corrected chi connectivity index (χ1v) is 9.04. The van der Waals surface area contributed by atoms with Gasteiger partial charge in [-0.1, -0.05) is 13.8 Å². The monoisotopic (exact) mass is 364 g/mol. The fourth-order valence-electron chi connectivity index (χ4n) is 3.62. The Bertz CT molecular complexity index is 1040. The molecule has 1 aliphatic rings. The molecule has 0 spiro atoms. The molecule has 1 aliphatic heterocycles. The molecule has 0 radical (unpaired) electrons. The summed E-state index contributed by atoms with van der Waals surface area (Å²) in [7, 11) is 0. The number of halogens is 1. The highest BCUT2D eigenvalue weighted by atomic mass is 19.1. The van der Waals surface area contributed by atoms with Crippen LogP contribution in [0.3, 0.4) is 0 Å². The van der Waals surface area contributed by atoms with Gasteiger partial charge in [0, 0.05) is 30.2 Å². The molecule has 3 aromatic rings. The van der Waals surface area contributed by atoms with Crippen molar-refractivity contribution in [1.82, 2.24) is 9.78 Å². The summed E-state index contributed by atoms with van der Waals surface area (Å²) in [6, 6.07) is 11.1. The number of anilines is 1. The molecule has 2 heterocycles. The first-order chi connectivity index (χ1) is 12.9. The molecule has 1 fully saturated rings. The van der Waals surface area contributed by atoms with Crippen LogP contribution in [0.5, 0.6) is 5.75 Å². The highest BCUT2D eigenvalue weighted by Gasteiger charge is 2.25. The summed E-state index contributed by atoms with van der Waals surface area (Å²) in [5.74, 6) is -1.46. The van der Waals surface area contributed by atoms with E-state index in [1.54, 1.807) is 4.68 Å². The summed E-state index contributed by atoms with van der Waals surface area (Å²) >= 11 is 0. The largest absolute Gasteiger partial charge is 0.505 e. The summed E-state index contributed by atoms with van der Waals surface area (Å²) in [5, 5.41) is 23.7. The molecule has 27 heavy (non-hydrogen) atoms. The van der Waals surface area contributed by atoms with Crippen molar-refractivity contribution in [3.8, 4) is 17.5 Å². The Morgan fingerprint density at radius 1 is 1.15 bits per heavy atom. The van der Waals surface area contributed by atoms with Gasteiger partial charge in [0.15, 0.2) is 11.6 Å². The number of hydrogen-bond acceptors (Lipinski definition) is 4. The number of fused-ring (bicyclic) bond motifs is 1. The number of phenols is 1. The molecule has 2 aromatic carbocycles. The van der Waals surface area contributed by atoms with Crippen LogP contribution in [-0.2, 0) is 0 Å². The van der Waals surface area contributed by atoms with Crippen LogP contribution in [0.4, 0.5) is 10.1 Å². The number of nitriles is 1. The van der Waals surface area contributed by atoms with E-state index in [4.69, 9.17) is 0 Å². The normalized spacial score (nSPS) is 16.4. The molecule has 0 amide bonds. The van der Waals surface area contributed by atoms with Gasteiger partial charge in [-0.05, 0) is 42.5 Å². The number of aromatic nitrogens is 2. The average molecular weight is 364 g/mol. The fraction of sp³-hybridized carbons (Fsp3) is 0.333. The maximum Gasteiger partial charge on any atom is 0.183 e. The predicted octanol–water partition coefficient (Wildman–Crippen LogP) is 4.37. The Hall–Kier alpha value is -3.07. The van der Waals surface area contributed by atoms with Crippen molar-refractivity contribution in [2.24, 2.45) is 5.41 Å². The van der Waals surface area contributed by atoms with Crippen molar-refractivity contribution < 1.29 is 9.50 Å². The molecule has 6 heteroatoms. The third kappa shape index (κ3) is 2.99. The molecule has 0 atom stereocenters. The summed E-state index contributed by atoms with van der Waals surface area (Å²) in [5.41, 5.74) is 2.67. The van der Waals surface area contributed by atoms with Crippen molar-refractivity contribution in [2.75, 3.05) is 18.0 Å². The molecule has 1 saturated heterocycles. The first-order valence-electron chi connectivity index (χ1n) is 9.04. The number of piperidine rings is 1.